The summed E-state index contributed by atoms with van der Waals surface area (Å²) in [7, 11) is 1.27. The molecule has 0 fully saturated rings. The summed E-state index contributed by atoms with van der Waals surface area (Å²) in [6.45, 7) is 0. The molecule has 0 spiro atoms. The summed E-state index contributed by atoms with van der Waals surface area (Å²) in [6, 6.07) is 2.96. The van der Waals surface area contributed by atoms with Crippen molar-refractivity contribution in [3.05, 3.63) is 33.2 Å². The molecule has 1 heterocycles. The molecule has 0 saturated carbocycles. The Morgan fingerprint density at radius 1 is 1.64 bits per heavy atom. The van der Waals surface area contributed by atoms with Crippen LogP contribution in [0.3, 0.4) is 0 Å². The molecule has 0 N–H and O–H groups in total. The van der Waals surface area contributed by atoms with Crippen LogP contribution in [0.15, 0.2) is 18.2 Å². The molecule has 14 heavy (non-hydrogen) atoms. The van der Waals surface area contributed by atoms with E-state index in [0.717, 1.165) is 11.3 Å². The summed E-state index contributed by atoms with van der Waals surface area (Å²) in [5, 5.41) is 10.4. The number of methoxy groups -OCH3 is 1. The van der Waals surface area contributed by atoms with Gasteiger partial charge in [-0.25, -0.2) is 4.79 Å². The molecule has 1 aromatic rings. The van der Waals surface area contributed by atoms with Crippen LogP contribution in [0.5, 0.6) is 0 Å². The second-order valence-corrected chi connectivity index (χ2v) is 3.38. The lowest BCUT2D eigenvalue weighted by Crippen LogP contribution is -1.92. The third-order valence-electron chi connectivity index (χ3n) is 1.38. The fraction of sp³-hybridized carbons (Fsp3) is 0.125. The molecule has 0 aliphatic heterocycles. The summed E-state index contributed by atoms with van der Waals surface area (Å²) in [4.78, 5) is 21.2. The molecule has 0 unspecified atom stereocenters. The van der Waals surface area contributed by atoms with Gasteiger partial charge in [0, 0.05) is 17.0 Å². The second-order valence-electron chi connectivity index (χ2n) is 2.29. The van der Waals surface area contributed by atoms with Crippen LogP contribution in [0.2, 0.25) is 0 Å². The van der Waals surface area contributed by atoms with Gasteiger partial charge in [0.2, 0.25) is 0 Å². The van der Waals surface area contributed by atoms with Gasteiger partial charge in [-0.3, -0.25) is 10.1 Å². The van der Waals surface area contributed by atoms with Gasteiger partial charge in [0.25, 0.3) is 0 Å². The fourth-order valence-electron chi connectivity index (χ4n) is 0.748. The first-order valence-corrected chi connectivity index (χ1v) is 4.45. The maximum Gasteiger partial charge on any atom is 0.330 e. The molecule has 0 bridgehead atoms. The second kappa shape index (κ2) is 4.52. The predicted molar refractivity (Wildman–Crippen MR) is 52.0 cm³/mol. The molecule has 74 valence electrons. The van der Waals surface area contributed by atoms with E-state index in [1.54, 1.807) is 6.07 Å². The maximum atomic E-state index is 10.7. The predicted octanol–water partition coefficient (Wildman–Crippen LogP) is 1.84. The van der Waals surface area contributed by atoms with E-state index in [1.165, 1.54) is 25.3 Å². The Kier molecular flexibility index (Phi) is 3.35. The van der Waals surface area contributed by atoms with Gasteiger partial charge >= 0.3 is 11.0 Å². The molecule has 5 nitrogen and oxygen atoms in total. The van der Waals surface area contributed by atoms with Gasteiger partial charge in [-0.1, -0.05) is 11.3 Å². The number of nitro groups is 1. The first-order valence-electron chi connectivity index (χ1n) is 3.63. The molecule has 1 rings (SSSR count). The van der Waals surface area contributed by atoms with Gasteiger partial charge in [0.15, 0.2) is 0 Å². The van der Waals surface area contributed by atoms with Crippen molar-refractivity contribution in [2.45, 2.75) is 0 Å². The van der Waals surface area contributed by atoms with Crippen molar-refractivity contribution in [2.75, 3.05) is 7.11 Å². The Morgan fingerprint density at radius 3 is 2.86 bits per heavy atom. The third-order valence-corrected chi connectivity index (χ3v) is 2.38. The summed E-state index contributed by atoms with van der Waals surface area (Å²) < 4.78 is 4.37. The highest BCUT2D eigenvalue weighted by atomic mass is 32.1. The van der Waals surface area contributed by atoms with Crippen LogP contribution in [-0.4, -0.2) is 18.0 Å². The smallest absolute Gasteiger partial charge is 0.330 e. The Bertz CT molecular complexity index is 382. The van der Waals surface area contributed by atoms with Crippen LogP contribution in [-0.2, 0) is 9.53 Å². The summed E-state index contributed by atoms with van der Waals surface area (Å²) >= 11 is 1.000. The molecule has 0 aliphatic carbocycles. The molecule has 1 aromatic heterocycles. The van der Waals surface area contributed by atoms with Crippen LogP contribution >= 0.6 is 11.3 Å². The minimum Gasteiger partial charge on any atom is -0.466 e. The molecular weight excluding hydrogens is 206 g/mol. The van der Waals surface area contributed by atoms with E-state index < -0.39 is 10.9 Å². The lowest BCUT2D eigenvalue weighted by Gasteiger charge is -1.87. The highest BCUT2D eigenvalue weighted by Crippen LogP contribution is 2.24. The van der Waals surface area contributed by atoms with E-state index >= 15 is 0 Å². The highest BCUT2D eigenvalue weighted by Gasteiger charge is 2.07. The van der Waals surface area contributed by atoms with Crippen LogP contribution in [0.4, 0.5) is 5.00 Å². The van der Waals surface area contributed by atoms with Crippen molar-refractivity contribution < 1.29 is 14.5 Å². The minimum absolute atomic E-state index is 0.0505. The van der Waals surface area contributed by atoms with Crippen molar-refractivity contribution in [3.63, 3.8) is 0 Å². The van der Waals surface area contributed by atoms with Gasteiger partial charge in [-0.15, -0.1) is 0 Å². The van der Waals surface area contributed by atoms with Gasteiger partial charge in [-0.05, 0) is 12.1 Å². The molecule has 6 heteroatoms. The number of nitrogens with zero attached hydrogens (tertiary/aromatic N) is 1. The van der Waals surface area contributed by atoms with Crippen LogP contribution in [0, 0.1) is 10.1 Å². The average molecular weight is 213 g/mol. The van der Waals surface area contributed by atoms with E-state index in [0.29, 0.717) is 4.88 Å². The number of esters is 1. The molecule has 0 atom stereocenters. The molecule has 0 aliphatic rings. The van der Waals surface area contributed by atoms with E-state index in [4.69, 9.17) is 0 Å². The van der Waals surface area contributed by atoms with Crippen molar-refractivity contribution in [1.82, 2.24) is 0 Å². The molecule has 0 aromatic carbocycles. The zero-order valence-corrected chi connectivity index (χ0v) is 8.11. The zero-order valence-electron chi connectivity index (χ0n) is 7.30. The third kappa shape index (κ3) is 2.67. The Labute approximate surface area is 83.8 Å². The Morgan fingerprint density at radius 2 is 2.36 bits per heavy atom. The SMILES string of the molecule is COC(=O)C=Cc1ccc([N+](=O)[O-])s1. The average Bonchev–Trinajstić information content (AvgIpc) is 2.62. The molecular formula is C8H7NO4S. The first kappa shape index (κ1) is 10.4. The molecule has 0 radical (unpaired) electrons. The van der Waals surface area contributed by atoms with Crippen LogP contribution in [0.1, 0.15) is 4.88 Å². The lowest BCUT2D eigenvalue weighted by atomic mass is 10.4. The quantitative estimate of drug-likeness (QED) is 0.332. The number of carbonyl (C=O) groups is 1. The normalized spacial score (nSPS) is 10.4. The van der Waals surface area contributed by atoms with E-state index in [1.807, 2.05) is 0 Å². The van der Waals surface area contributed by atoms with Crippen LogP contribution < -0.4 is 0 Å². The number of thiophene rings is 1. The highest BCUT2D eigenvalue weighted by molar-refractivity contribution is 7.16. The zero-order chi connectivity index (χ0) is 10.6. The lowest BCUT2D eigenvalue weighted by molar-refractivity contribution is -0.380. The van der Waals surface area contributed by atoms with E-state index in [9.17, 15) is 14.9 Å². The van der Waals surface area contributed by atoms with Gasteiger partial charge in [-0.2, -0.15) is 0 Å². The van der Waals surface area contributed by atoms with Gasteiger partial charge in [0.1, 0.15) is 0 Å². The summed E-state index contributed by atoms with van der Waals surface area (Å²) in [5.41, 5.74) is 0. The number of hydrogen-bond donors (Lipinski definition) is 0. The van der Waals surface area contributed by atoms with Crippen LogP contribution in [0.25, 0.3) is 6.08 Å². The fourth-order valence-corrected chi connectivity index (χ4v) is 1.47. The Balaban J connectivity index is 2.73. The minimum atomic E-state index is -0.485. The monoisotopic (exact) mass is 213 g/mol. The standard InChI is InChI=1S/C8H7NO4S/c1-13-8(10)5-3-6-2-4-7(14-6)9(11)12/h2-5H,1H3. The number of rotatable bonds is 3. The Hall–Kier alpha value is -1.69. The largest absolute Gasteiger partial charge is 0.466 e. The van der Waals surface area contributed by atoms with Crippen molar-refractivity contribution in [2.24, 2.45) is 0 Å². The first-order chi connectivity index (χ1) is 6.63. The van der Waals surface area contributed by atoms with Gasteiger partial charge in [0.05, 0.1) is 12.0 Å². The van der Waals surface area contributed by atoms with Crippen molar-refractivity contribution in [3.8, 4) is 0 Å². The summed E-state index contributed by atoms with van der Waals surface area (Å²) in [5.74, 6) is -0.485. The summed E-state index contributed by atoms with van der Waals surface area (Å²) in [6.07, 6.45) is 2.69. The van der Waals surface area contributed by atoms with Crippen molar-refractivity contribution in [1.29, 1.82) is 0 Å². The van der Waals surface area contributed by atoms with Gasteiger partial charge < -0.3 is 4.74 Å². The number of hydrogen-bond acceptors (Lipinski definition) is 5. The number of ether oxygens (including phenoxy) is 1. The molecule has 0 saturated heterocycles. The van der Waals surface area contributed by atoms with E-state index in [-0.39, 0.29) is 5.00 Å². The molecule has 0 amide bonds. The van der Waals surface area contributed by atoms with E-state index in [2.05, 4.69) is 4.74 Å². The number of carbonyl (C=O) groups excluding carboxylic acids is 1. The topological polar surface area (TPSA) is 69.4 Å². The maximum absolute atomic E-state index is 10.7. The van der Waals surface area contributed by atoms with Crippen molar-refractivity contribution >= 4 is 28.4 Å².